The predicted molar refractivity (Wildman–Crippen MR) is 69.4 cm³/mol. The van der Waals surface area contributed by atoms with E-state index in [-0.39, 0.29) is 24.7 Å². The van der Waals surface area contributed by atoms with Crippen LogP contribution in [0.4, 0.5) is 5.82 Å². The van der Waals surface area contributed by atoms with Crippen LogP contribution >= 0.6 is 0 Å². The fourth-order valence-corrected chi connectivity index (χ4v) is 3.75. The molecule has 2 heterocycles. The highest BCUT2D eigenvalue weighted by molar-refractivity contribution is 7.89. The van der Waals surface area contributed by atoms with Crippen molar-refractivity contribution in [3.05, 3.63) is 18.3 Å². The number of rotatable bonds is 4. The van der Waals surface area contributed by atoms with E-state index in [9.17, 15) is 13.5 Å². The minimum atomic E-state index is -3.70. The van der Waals surface area contributed by atoms with Crippen molar-refractivity contribution in [3.8, 4) is 0 Å². The van der Waals surface area contributed by atoms with Gasteiger partial charge in [0.1, 0.15) is 10.7 Å². The van der Waals surface area contributed by atoms with Crippen LogP contribution in [0.1, 0.15) is 0 Å². The molecule has 1 saturated heterocycles. The largest absolute Gasteiger partial charge is 0.395 e. The van der Waals surface area contributed by atoms with Gasteiger partial charge >= 0.3 is 0 Å². The Morgan fingerprint density at radius 3 is 3.11 bits per heavy atom. The summed E-state index contributed by atoms with van der Waals surface area (Å²) in [5.74, 6) is 0.297. The van der Waals surface area contributed by atoms with Crippen LogP contribution in [0.25, 0.3) is 0 Å². The molecule has 0 amide bonds. The maximum Gasteiger partial charge on any atom is 0.247 e. The number of aliphatic hydroxyl groups excluding tert-OH is 1. The standard InChI is InChI=1S/C11H17N3O4S/c1-12-11-10(3-2-4-13-11)19(16,17)14-5-6-18-8-9(14)7-15/h2-4,9,15H,5-8H2,1H3,(H,12,13). The average Bonchev–Trinajstić information content (AvgIpc) is 2.47. The van der Waals surface area contributed by atoms with Crippen molar-refractivity contribution in [2.75, 3.05) is 38.7 Å². The number of ether oxygens (including phenoxy) is 1. The number of hydrogen-bond acceptors (Lipinski definition) is 6. The average molecular weight is 287 g/mol. The van der Waals surface area contributed by atoms with Gasteiger partial charge < -0.3 is 15.2 Å². The SMILES string of the molecule is CNc1ncccc1S(=O)(=O)N1CCOCC1CO. The molecule has 0 spiro atoms. The minimum Gasteiger partial charge on any atom is -0.395 e. The van der Waals surface area contributed by atoms with Crippen LogP contribution in [0.5, 0.6) is 0 Å². The van der Waals surface area contributed by atoms with E-state index >= 15 is 0 Å². The third-order valence-electron chi connectivity index (χ3n) is 2.98. The quantitative estimate of drug-likeness (QED) is 0.776. The molecule has 8 heteroatoms. The number of hydrogen-bond donors (Lipinski definition) is 2. The van der Waals surface area contributed by atoms with Crippen molar-refractivity contribution in [3.63, 3.8) is 0 Å². The lowest BCUT2D eigenvalue weighted by Gasteiger charge is -2.33. The molecule has 0 aliphatic carbocycles. The number of pyridine rings is 1. The van der Waals surface area contributed by atoms with Gasteiger partial charge in [-0.05, 0) is 12.1 Å². The van der Waals surface area contributed by atoms with Gasteiger partial charge in [-0.25, -0.2) is 13.4 Å². The summed E-state index contributed by atoms with van der Waals surface area (Å²) in [4.78, 5) is 4.11. The van der Waals surface area contributed by atoms with E-state index in [0.717, 1.165) is 0 Å². The van der Waals surface area contributed by atoms with Crippen LogP contribution < -0.4 is 5.32 Å². The second kappa shape index (κ2) is 5.83. The van der Waals surface area contributed by atoms with Crippen molar-refractivity contribution >= 4 is 15.8 Å². The summed E-state index contributed by atoms with van der Waals surface area (Å²) >= 11 is 0. The second-order valence-corrected chi connectivity index (χ2v) is 5.99. The van der Waals surface area contributed by atoms with Crippen molar-refractivity contribution in [1.82, 2.24) is 9.29 Å². The maximum atomic E-state index is 12.6. The molecular formula is C11H17N3O4S. The molecule has 1 fully saturated rings. The summed E-state index contributed by atoms with van der Waals surface area (Å²) in [6.07, 6.45) is 1.52. The summed E-state index contributed by atoms with van der Waals surface area (Å²) in [6.45, 7) is 0.482. The predicted octanol–water partition coefficient (Wildman–Crippen LogP) is -0.495. The Morgan fingerprint density at radius 1 is 1.63 bits per heavy atom. The van der Waals surface area contributed by atoms with Gasteiger partial charge in [0.05, 0.1) is 25.9 Å². The molecule has 0 aromatic carbocycles. The number of morpholine rings is 1. The molecule has 2 rings (SSSR count). The van der Waals surface area contributed by atoms with Gasteiger partial charge in [-0.15, -0.1) is 0 Å². The lowest BCUT2D eigenvalue weighted by molar-refractivity contribution is 0.0109. The molecule has 19 heavy (non-hydrogen) atoms. The first-order valence-corrected chi connectivity index (χ1v) is 7.38. The van der Waals surface area contributed by atoms with Crippen LogP contribution in [-0.2, 0) is 14.8 Å². The minimum absolute atomic E-state index is 0.109. The molecule has 1 atom stereocenters. The van der Waals surface area contributed by atoms with Crippen LogP contribution in [0.15, 0.2) is 23.2 Å². The Balaban J connectivity index is 2.40. The number of nitrogens with one attached hydrogen (secondary N) is 1. The van der Waals surface area contributed by atoms with E-state index in [1.54, 1.807) is 13.1 Å². The van der Waals surface area contributed by atoms with Crippen molar-refractivity contribution < 1.29 is 18.3 Å². The highest BCUT2D eigenvalue weighted by atomic mass is 32.2. The summed E-state index contributed by atoms with van der Waals surface area (Å²) < 4.78 is 31.7. The zero-order valence-electron chi connectivity index (χ0n) is 10.6. The number of aromatic nitrogens is 1. The van der Waals surface area contributed by atoms with Crippen molar-refractivity contribution in [1.29, 1.82) is 0 Å². The highest BCUT2D eigenvalue weighted by Gasteiger charge is 2.35. The summed E-state index contributed by atoms with van der Waals surface area (Å²) in [5.41, 5.74) is 0. The number of aliphatic hydroxyl groups is 1. The second-order valence-electron chi connectivity index (χ2n) is 4.13. The number of sulfonamides is 1. The Hall–Kier alpha value is -1.22. The molecular weight excluding hydrogens is 270 g/mol. The third kappa shape index (κ3) is 2.71. The van der Waals surface area contributed by atoms with E-state index in [2.05, 4.69) is 10.3 Å². The van der Waals surface area contributed by atoms with Gasteiger partial charge in [-0.2, -0.15) is 4.31 Å². The first-order chi connectivity index (χ1) is 9.11. The van der Waals surface area contributed by atoms with Gasteiger partial charge in [-0.1, -0.05) is 0 Å². The Bertz CT molecular complexity index is 534. The van der Waals surface area contributed by atoms with E-state index in [1.807, 2.05) is 0 Å². The highest BCUT2D eigenvalue weighted by Crippen LogP contribution is 2.24. The van der Waals surface area contributed by atoms with E-state index in [4.69, 9.17) is 4.74 Å². The van der Waals surface area contributed by atoms with Gasteiger partial charge in [0.25, 0.3) is 0 Å². The molecule has 1 aromatic rings. The van der Waals surface area contributed by atoms with E-state index in [0.29, 0.717) is 12.4 Å². The Morgan fingerprint density at radius 2 is 2.42 bits per heavy atom. The molecule has 1 unspecified atom stereocenters. The number of anilines is 1. The van der Waals surface area contributed by atoms with Gasteiger partial charge in [0, 0.05) is 19.8 Å². The summed E-state index contributed by atoms with van der Waals surface area (Å²) in [6, 6.07) is 2.52. The molecule has 1 aliphatic heterocycles. The monoisotopic (exact) mass is 287 g/mol. The van der Waals surface area contributed by atoms with Crippen LogP contribution in [-0.4, -0.2) is 62.3 Å². The fourth-order valence-electron chi connectivity index (χ4n) is 2.01. The number of nitrogens with zero attached hydrogens (tertiary/aromatic N) is 2. The third-order valence-corrected chi connectivity index (χ3v) is 4.96. The van der Waals surface area contributed by atoms with Crippen LogP contribution in [0, 0.1) is 0 Å². The maximum absolute atomic E-state index is 12.6. The zero-order chi connectivity index (χ0) is 13.9. The molecule has 1 aromatic heterocycles. The van der Waals surface area contributed by atoms with Crippen LogP contribution in [0.2, 0.25) is 0 Å². The summed E-state index contributed by atoms with van der Waals surface area (Å²) in [7, 11) is -2.08. The first-order valence-electron chi connectivity index (χ1n) is 5.94. The smallest absolute Gasteiger partial charge is 0.247 e. The van der Waals surface area contributed by atoms with E-state index < -0.39 is 16.1 Å². The summed E-state index contributed by atoms with van der Waals surface area (Å²) in [5, 5.41) is 12.0. The molecule has 0 saturated carbocycles. The topological polar surface area (TPSA) is 91.8 Å². The first kappa shape index (κ1) is 14.2. The van der Waals surface area contributed by atoms with E-state index in [1.165, 1.54) is 16.6 Å². The Labute approximate surface area is 112 Å². The zero-order valence-corrected chi connectivity index (χ0v) is 11.4. The lowest BCUT2D eigenvalue weighted by atomic mass is 10.3. The van der Waals surface area contributed by atoms with Gasteiger partial charge in [0.15, 0.2) is 0 Å². The molecule has 0 bridgehead atoms. The molecule has 7 nitrogen and oxygen atoms in total. The Kier molecular flexibility index (Phi) is 4.35. The molecule has 0 radical (unpaired) electrons. The molecule has 106 valence electrons. The van der Waals surface area contributed by atoms with Gasteiger partial charge in [-0.3, -0.25) is 0 Å². The molecule has 1 aliphatic rings. The van der Waals surface area contributed by atoms with Crippen molar-refractivity contribution in [2.45, 2.75) is 10.9 Å². The van der Waals surface area contributed by atoms with Crippen molar-refractivity contribution in [2.24, 2.45) is 0 Å². The fraction of sp³-hybridized carbons (Fsp3) is 0.545. The van der Waals surface area contributed by atoms with Crippen LogP contribution in [0.3, 0.4) is 0 Å². The lowest BCUT2D eigenvalue weighted by Crippen LogP contribution is -2.50. The van der Waals surface area contributed by atoms with Gasteiger partial charge in [0.2, 0.25) is 10.0 Å². The molecule has 2 N–H and O–H groups in total. The normalized spacial score (nSPS) is 21.3.